The summed E-state index contributed by atoms with van der Waals surface area (Å²) in [6.07, 6.45) is 2.58. The highest BCUT2D eigenvalue weighted by atomic mass is 16.2. The Labute approximate surface area is 80.7 Å². The van der Waals surface area contributed by atoms with Crippen LogP contribution in [0.5, 0.6) is 0 Å². The van der Waals surface area contributed by atoms with Crippen LogP contribution < -0.4 is 0 Å². The van der Waals surface area contributed by atoms with Crippen LogP contribution in [0.1, 0.15) is 23.8 Å². The molecule has 0 atom stereocenters. The van der Waals surface area contributed by atoms with Gasteiger partial charge >= 0.3 is 0 Å². The summed E-state index contributed by atoms with van der Waals surface area (Å²) >= 11 is 0. The summed E-state index contributed by atoms with van der Waals surface area (Å²) in [7, 11) is 1.72. The van der Waals surface area contributed by atoms with E-state index in [1.165, 1.54) is 12.5 Å². The molecule has 0 saturated carbocycles. The molecule has 5 nitrogen and oxygen atoms in total. The van der Waals surface area contributed by atoms with Crippen LogP contribution in [-0.4, -0.2) is 26.9 Å². The molecule has 1 heterocycles. The van der Waals surface area contributed by atoms with E-state index in [9.17, 15) is 14.4 Å². The SMILES string of the molecule is CC(=O)C(=O)CC(=O)c1cn(C)cn1. The minimum absolute atomic E-state index is 0.210. The fraction of sp³-hybridized carbons (Fsp3) is 0.333. The molecule has 1 aromatic heterocycles. The van der Waals surface area contributed by atoms with E-state index in [0.29, 0.717) is 0 Å². The Kier molecular flexibility index (Phi) is 2.91. The van der Waals surface area contributed by atoms with E-state index in [0.717, 1.165) is 6.92 Å². The molecule has 0 aromatic carbocycles. The van der Waals surface area contributed by atoms with Crippen molar-refractivity contribution in [3.05, 3.63) is 18.2 Å². The topological polar surface area (TPSA) is 69.0 Å². The van der Waals surface area contributed by atoms with Crippen LogP contribution in [0.3, 0.4) is 0 Å². The first-order valence-corrected chi connectivity index (χ1v) is 4.05. The van der Waals surface area contributed by atoms with E-state index in [4.69, 9.17) is 0 Å². The zero-order valence-corrected chi connectivity index (χ0v) is 7.98. The number of aromatic nitrogens is 2. The van der Waals surface area contributed by atoms with Crippen molar-refractivity contribution in [3.8, 4) is 0 Å². The van der Waals surface area contributed by atoms with Gasteiger partial charge in [-0.15, -0.1) is 0 Å². The summed E-state index contributed by atoms with van der Waals surface area (Å²) in [5.41, 5.74) is 0.210. The summed E-state index contributed by atoms with van der Waals surface area (Å²) in [6.45, 7) is 1.15. The molecule has 0 fully saturated rings. The van der Waals surface area contributed by atoms with Gasteiger partial charge in [0.15, 0.2) is 11.6 Å². The van der Waals surface area contributed by atoms with Gasteiger partial charge in [-0.2, -0.15) is 0 Å². The molecule has 0 spiro atoms. The summed E-state index contributed by atoms with van der Waals surface area (Å²) in [5.74, 6) is -1.71. The highest BCUT2D eigenvalue weighted by Crippen LogP contribution is 2.00. The number of Topliss-reactive ketones (excluding diaryl/α,β-unsaturated/α-hetero) is 3. The highest BCUT2D eigenvalue weighted by molar-refractivity contribution is 6.40. The van der Waals surface area contributed by atoms with Crippen molar-refractivity contribution in [3.63, 3.8) is 0 Å². The number of nitrogens with zero attached hydrogens (tertiary/aromatic N) is 2. The van der Waals surface area contributed by atoms with Crippen LogP contribution in [0.25, 0.3) is 0 Å². The van der Waals surface area contributed by atoms with Gasteiger partial charge < -0.3 is 4.57 Å². The van der Waals surface area contributed by atoms with Gasteiger partial charge in [-0.25, -0.2) is 4.98 Å². The number of hydrogen-bond acceptors (Lipinski definition) is 4. The van der Waals surface area contributed by atoms with Crippen molar-refractivity contribution >= 4 is 17.3 Å². The first kappa shape index (κ1) is 10.3. The lowest BCUT2D eigenvalue weighted by molar-refractivity contribution is -0.134. The van der Waals surface area contributed by atoms with Crippen LogP contribution in [0, 0.1) is 0 Å². The van der Waals surface area contributed by atoms with Gasteiger partial charge in [0.05, 0.1) is 12.7 Å². The number of carbonyl (C=O) groups is 3. The average molecular weight is 194 g/mol. The predicted molar refractivity (Wildman–Crippen MR) is 47.8 cm³/mol. The third kappa shape index (κ3) is 2.35. The lowest BCUT2D eigenvalue weighted by Crippen LogP contribution is -2.15. The molecule has 0 aliphatic carbocycles. The predicted octanol–water partition coefficient (Wildman–Crippen LogP) is 0.151. The van der Waals surface area contributed by atoms with Crippen LogP contribution in [0.2, 0.25) is 0 Å². The zero-order valence-electron chi connectivity index (χ0n) is 7.98. The number of imidazole rings is 1. The number of carbonyl (C=O) groups excluding carboxylic acids is 3. The normalized spacial score (nSPS) is 9.86. The molecule has 0 N–H and O–H groups in total. The molecule has 5 heteroatoms. The smallest absolute Gasteiger partial charge is 0.205 e. The molecule has 0 saturated heterocycles. The largest absolute Gasteiger partial charge is 0.340 e. The van der Waals surface area contributed by atoms with Gasteiger partial charge in [0.1, 0.15) is 5.69 Å². The molecule has 0 radical (unpaired) electrons. The first-order valence-electron chi connectivity index (χ1n) is 4.05. The zero-order chi connectivity index (χ0) is 10.7. The Morgan fingerprint density at radius 3 is 2.50 bits per heavy atom. The monoisotopic (exact) mass is 194 g/mol. The molecule has 74 valence electrons. The second-order valence-electron chi connectivity index (χ2n) is 3.00. The number of hydrogen-bond donors (Lipinski definition) is 0. The van der Waals surface area contributed by atoms with Crippen molar-refractivity contribution in [1.82, 2.24) is 9.55 Å². The van der Waals surface area contributed by atoms with Crippen LogP contribution in [0.15, 0.2) is 12.5 Å². The van der Waals surface area contributed by atoms with Crippen molar-refractivity contribution < 1.29 is 14.4 Å². The summed E-state index contributed by atoms with van der Waals surface area (Å²) in [4.78, 5) is 36.6. The van der Waals surface area contributed by atoms with Crippen LogP contribution in [0.4, 0.5) is 0 Å². The second kappa shape index (κ2) is 3.95. The third-order valence-corrected chi connectivity index (χ3v) is 1.70. The molecule has 1 aromatic rings. The van der Waals surface area contributed by atoms with E-state index in [2.05, 4.69) is 4.98 Å². The highest BCUT2D eigenvalue weighted by Gasteiger charge is 2.16. The lowest BCUT2D eigenvalue weighted by atomic mass is 10.1. The Bertz CT molecular complexity index is 393. The Hall–Kier alpha value is -1.78. The Morgan fingerprint density at radius 1 is 1.43 bits per heavy atom. The molecule has 0 bridgehead atoms. The maximum Gasteiger partial charge on any atom is 0.205 e. The van der Waals surface area contributed by atoms with Crippen molar-refractivity contribution in [2.75, 3.05) is 0 Å². The quantitative estimate of drug-likeness (QED) is 0.388. The van der Waals surface area contributed by atoms with E-state index >= 15 is 0 Å². The van der Waals surface area contributed by atoms with Gasteiger partial charge in [0.25, 0.3) is 0 Å². The summed E-state index contributed by atoms with van der Waals surface area (Å²) in [6, 6.07) is 0. The van der Waals surface area contributed by atoms with Crippen LogP contribution in [-0.2, 0) is 16.6 Å². The van der Waals surface area contributed by atoms with Gasteiger partial charge in [0, 0.05) is 20.2 Å². The minimum Gasteiger partial charge on any atom is -0.340 e. The van der Waals surface area contributed by atoms with Crippen molar-refractivity contribution in [1.29, 1.82) is 0 Å². The minimum atomic E-state index is -0.680. The van der Waals surface area contributed by atoms with E-state index in [1.54, 1.807) is 11.6 Å². The fourth-order valence-electron chi connectivity index (χ4n) is 0.918. The standard InChI is InChI=1S/C9H10N2O3/c1-6(12)8(13)3-9(14)7-4-11(2)5-10-7/h4-5H,3H2,1-2H3. The summed E-state index contributed by atoms with van der Waals surface area (Å²) < 4.78 is 1.60. The third-order valence-electron chi connectivity index (χ3n) is 1.70. The van der Waals surface area contributed by atoms with Crippen molar-refractivity contribution in [2.45, 2.75) is 13.3 Å². The molecule has 14 heavy (non-hydrogen) atoms. The van der Waals surface area contributed by atoms with Crippen LogP contribution >= 0.6 is 0 Å². The van der Waals surface area contributed by atoms with Gasteiger partial charge in [0.2, 0.25) is 5.78 Å². The molecular weight excluding hydrogens is 184 g/mol. The molecule has 0 aliphatic heterocycles. The number of rotatable bonds is 4. The van der Waals surface area contributed by atoms with E-state index in [-0.39, 0.29) is 5.69 Å². The average Bonchev–Trinajstić information content (AvgIpc) is 2.51. The number of aryl methyl sites for hydroxylation is 1. The van der Waals surface area contributed by atoms with E-state index < -0.39 is 23.8 Å². The molecule has 0 amide bonds. The molecule has 0 unspecified atom stereocenters. The number of ketones is 3. The molecule has 0 aliphatic rings. The maximum atomic E-state index is 11.3. The Balaban J connectivity index is 2.68. The van der Waals surface area contributed by atoms with Gasteiger partial charge in [-0.3, -0.25) is 14.4 Å². The lowest BCUT2D eigenvalue weighted by Gasteiger charge is -1.92. The maximum absolute atomic E-state index is 11.3. The van der Waals surface area contributed by atoms with E-state index in [1.807, 2.05) is 0 Å². The van der Waals surface area contributed by atoms with Crippen molar-refractivity contribution in [2.24, 2.45) is 7.05 Å². The van der Waals surface area contributed by atoms with Gasteiger partial charge in [-0.1, -0.05) is 0 Å². The fourth-order valence-corrected chi connectivity index (χ4v) is 0.918. The molecule has 1 rings (SSSR count). The summed E-state index contributed by atoms with van der Waals surface area (Å²) in [5, 5.41) is 0. The van der Waals surface area contributed by atoms with Gasteiger partial charge in [-0.05, 0) is 0 Å². The molecular formula is C9H10N2O3. The Morgan fingerprint density at radius 2 is 2.07 bits per heavy atom. The second-order valence-corrected chi connectivity index (χ2v) is 3.00. The first-order chi connectivity index (χ1) is 6.50.